The number of aryl methyl sites for hydroxylation is 1. The molecule has 5 aromatic rings. The SMILES string of the molecule is [C-]#[N+]/C(C#N)=C1/C(=Cc2ccc(N(CC)CCCCCC)cc2C)S(=O)(=O)c2ccccc21.[C-]#[N+]C1=C(C)C(=Nc2sc(N(C)C)nc2-c2ccccc2)c2nc(C(C)CC)nn2C1=O. The molecule has 65 heavy (non-hydrogen) atoms. The average molecular weight is 905 g/mol. The minimum atomic E-state index is -3.83. The van der Waals surface area contributed by atoms with E-state index < -0.39 is 15.7 Å². The van der Waals surface area contributed by atoms with Crippen LogP contribution in [0.5, 0.6) is 0 Å². The number of fused-ring (bicyclic) bond motifs is 2. The van der Waals surface area contributed by atoms with Crippen molar-refractivity contribution < 1.29 is 13.2 Å². The zero-order valence-corrected chi connectivity index (χ0v) is 39.7. The number of aliphatic imine (C=N–C) groups is 1. The van der Waals surface area contributed by atoms with Crippen molar-refractivity contribution in [2.75, 3.05) is 37.0 Å². The van der Waals surface area contributed by atoms with E-state index in [4.69, 9.17) is 23.1 Å². The number of carbonyl (C=O) groups excluding carboxylic acids is 1. The van der Waals surface area contributed by atoms with Gasteiger partial charge >= 0.3 is 0 Å². The normalized spacial score (nSPS) is 16.2. The first-order valence-electron chi connectivity index (χ1n) is 21.6. The third-order valence-electron chi connectivity index (χ3n) is 11.4. The molecule has 7 rings (SSSR count). The molecule has 2 aliphatic heterocycles. The Labute approximate surface area is 386 Å². The van der Waals surface area contributed by atoms with E-state index in [2.05, 4.69) is 44.6 Å². The van der Waals surface area contributed by atoms with Crippen LogP contribution >= 0.6 is 11.3 Å². The molecule has 332 valence electrons. The topological polar surface area (TPSA) is 146 Å². The molecule has 3 aromatic carbocycles. The Kier molecular flexibility index (Phi) is 15.1. The molecule has 0 N–H and O–H groups in total. The number of benzene rings is 3. The van der Waals surface area contributed by atoms with Gasteiger partial charge in [0.1, 0.15) is 16.4 Å². The maximum absolute atomic E-state index is 13.3. The summed E-state index contributed by atoms with van der Waals surface area (Å²) in [6.07, 6.45) is 7.25. The summed E-state index contributed by atoms with van der Waals surface area (Å²) in [6, 6.07) is 24.3. The van der Waals surface area contributed by atoms with Gasteiger partial charge in [-0.1, -0.05) is 106 Å². The van der Waals surface area contributed by atoms with Gasteiger partial charge < -0.3 is 9.80 Å². The summed E-state index contributed by atoms with van der Waals surface area (Å²) < 4.78 is 27.9. The number of hydrogen-bond acceptors (Lipinski definition) is 11. The lowest BCUT2D eigenvalue weighted by Gasteiger charge is -2.24. The van der Waals surface area contributed by atoms with E-state index in [0.29, 0.717) is 33.5 Å². The summed E-state index contributed by atoms with van der Waals surface area (Å²) in [4.78, 5) is 38.4. The minimum Gasteiger partial charge on any atom is -0.372 e. The molecule has 1 atom stereocenters. The van der Waals surface area contributed by atoms with Crippen molar-refractivity contribution in [2.45, 2.75) is 84.5 Å². The number of hydrogen-bond donors (Lipinski definition) is 0. The first kappa shape index (κ1) is 47.5. The fraction of sp³-hybridized carbons (Fsp3) is 0.320. The molecule has 2 aromatic heterocycles. The van der Waals surface area contributed by atoms with E-state index in [0.717, 1.165) is 59.1 Å². The third-order valence-corrected chi connectivity index (χ3v) is 14.3. The van der Waals surface area contributed by atoms with Crippen molar-refractivity contribution in [1.82, 2.24) is 19.7 Å². The minimum absolute atomic E-state index is 0.00969. The lowest BCUT2D eigenvalue weighted by Crippen LogP contribution is -2.27. The highest BCUT2D eigenvalue weighted by atomic mass is 32.2. The van der Waals surface area contributed by atoms with Crippen molar-refractivity contribution in [3.8, 4) is 17.3 Å². The van der Waals surface area contributed by atoms with Gasteiger partial charge in [0.2, 0.25) is 9.84 Å². The van der Waals surface area contributed by atoms with Gasteiger partial charge in [0.05, 0.1) is 29.0 Å². The monoisotopic (exact) mass is 904 g/mol. The molecule has 4 heterocycles. The molecule has 2 aliphatic rings. The first-order chi connectivity index (χ1) is 31.2. The molecule has 0 saturated carbocycles. The molecule has 13 nitrogen and oxygen atoms in total. The van der Waals surface area contributed by atoms with Gasteiger partial charge in [-0.25, -0.2) is 38.3 Å². The van der Waals surface area contributed by atoms with E-state index in [1.165, 1.54) is 41.3 Å². The van der Waals surface area contributed by atoms with Crippen LogP contribution in [0.2, 0.25) is 0 Å². The Balaban J connectivity index is 0.000000215. The maximum Gasteiger partial charge on any atom is 0.279 e. The van der Waals surface area contributed by atoms with Gasteiger partial charge in [-0.2, -0.15) is 4.68 Å². The number of sulfone groups is 1. The molecule has 0 radical (unpaired) electrons. The number of nitriles is 1. The van der Waals surface area contributed by atoms with Crippen molar-refractivity contribution in [1.29, 1.82) is 5.26 Å². The lowest BCUT2D eigenvalue weighted by atomic mass is 10.0. The lowest BCUT2D eigenvalue weighted by molar-refractivity contribution is 0.0939. The van der Waals surface area contributed by atoms with E-state index in [9.17, 15) is 18.5 Å². The number of aromatic nitrogens is 4. The zero-order chi connectivity index (χ0) is 47.0. The predicted octanol–water partition coefficient (Wildman–Crippen LogP) is 11.3. The zero-order valence-electron chi connectivity index (χ0n) is 38.0. The summed E-state index contributed by atoms with van der Waals surface area (Å²) in [5.74, 6) is 0.565. The van der Waals surface area contributed by atoms with Crippen LogP contribution in [0.4, 0.5) is 15.8 Å². The van der Waals surface area contributed by atoms with Gasteiger partial charge in [-0.15, -0.1) is 5.10 Å². The first-order valence-corrected chi connectivity index (χ1v) is 23.9. The van der Waals surface area contributed by atoms with Gasteiger partial charge in [0.15, 0.2) is 16.8 Å². The number of rotatable bonds is 13. The van der Waals surface area contributed by atoms with Gasteiger partial charge in [0.25, 0.3) is 17.3 Å². The molecule has 0 bridgehead atoms. The summed E-state index contributed by atoms with van der Waals surface area (Å²) in [5, 5.41) is 15.4. The fourth-order valence-corrected chi connectivity index (χ4v) is 10.1. The fourth-order valence-electron chi connectivity index (χ4n) is 7.46. The van der Waals surface area contributed by atoms with Crippen molar-refractivity contribution in [3.05, 3.63) is 146 Å². The quantitative estimate of drug-likeness (QED) is 0.0640. The molecular formula is C50H52N10O3S2. The Bertz CT molecular complexity index is 2970. The third kappa shape index (κ3) is 9.75. The number of carbonyl (C=O) groups is 1. The summed E-state index contributed by atoms with van der Waals surface area (Å²) in [7, 11) is 0.0373. The molecule has 1 unspecified atom stereocenters. The Morgan fingerprint density at radius 2 is 1.72 bits per heavy atom. The smallest absolute Gasteiger partial charge is 0.279 e. The van der Waals surface area contributed by atoms with Crippen LogP contribution in [-0.2, 0) is 9.84 Å². The molecule has 0 fully saturated rings. The average Bonchev–Trinajstić information content (AvgIpc) is 4.01. The number of unbranched alkanes of at least 4 members (excludes halogenated alkanes) is 3. The van der Waals surface area contributed by atoms with E-state index in [1.54, 1.807) is 31.2 Å². The van der Waals surface area contributed by atoms with Crippen LogP contribution in [0.15, 0.2) is 105 Å². The highest BCUT2D eigenvalue weighted by Crippen LogP contribution is 2.46. The number of nitrogens with zero attached hydrogens (tertiary/aromatic N) is 10. The molecule has 0 saturated heterocycles. The highest BCUT2D eigenvalue weighted by molar-refractivity contribution is 7.96. The molecule has 0 spiro atoms. The van der Waals surface area contributed by atoms with Crippen molar-refractivity contribution in [3.63, 3.8) is 0 Å². The van der Waals surface area contributed by atoms with Gasteiger partial charge in [-0.05, 0) is 80.2 Å². The van der Waals surface area contributed by atoms with Crippen LogP contribution in [0.25, 0.3) is 32.6 Å². The molecular weight excluding hydrogens is 853 g/mol. The van der Waals surface area contributed by atoms with E-state index in [-0.39, 0.29) is 32.7 Å². The van der Waals surface area contributed by atoms with Crippen LogP contribution < -0.4 is 9.80 Å². The number of allylic oxidation sites excluding steroid dienone is 4. The Hall–Kier alpha value is -6.99. The number of anilines is 2. The largest absolute Gasteiger partial charge is 0.372 e. The summed E-state index contributed by atoms with van der Waals surface area (Å²) in [5.41, 5.74) is 5.87. The highest BCUT2D eigenvalue weighted by Gasteiger charge is 2.38. The second-order valence-corrected chi connectivity index (χ2v) is 18.8. The van der Waals surface area contributed by atoms with Crippen LogP contribution in [-0.4, -0.2) is 67.0 Å². The molecule has 0 amide bonds. The molecule has 15 heteroatoms. The van der Waals surface area contributed by atoms with E-state index in [1.807, 2.05) is 88.3 Å². The van der Waals surface area contributed by atoms with Crippen LogP contribution in [0, 0.1) is 31.4 Å². The van der Waals surface area contributed by atoms with Crippen LogP contribution in [0.1, 0.15) is 106 Å². The number of thiazole rings is 1. The Morgan fingerprint density at radius 3 is 2.35 bits per heavy atom. The van der Waals surface area contributed by atoms with Crippen molar-refractivity contribution in [2.24, 2.45) is 4.99 Å². The predicted molar refractivity (Wildman–Crippen MR) is 261 cm³/mol. The van der Waals surface area contributed by atoms with Crippen LogP contribution in [0.3, 0.4) is 0 Å². The standard InChI is InChI=1S/C27H29N3O2S.C23H23N7OS/c1-5-7-8-11-16-30(6-2)22-15-14-21(20(3)17-22)18-26-27(24(19-28)29-4)23-12-9-10-13-25(23)33(26,31)32;1-7-13(2)19-27-20-16(14(3)17(24-4)22(31)30(20)28-19)25-21-18(15-11-9-8-10-12-15)26-23(32-21)29(5)6/h9-10,12-15,17-18H,5-8,11,16H2,1-3H3;8-13H,7H2,1-3,5-6H3/b26-18?,27-24+;. The van der Waals surface area contributed by atoms with E-state index >= 15 is 0 Å². The van der Waals surface area contributed by atoms with Gasteiger partial charge in [0, 0.05) is 49.9 Å². The van der Waals surface area contributed by atoms with Gasteiger partial charge in [-0.3, -0.25) is 4.79 Å². The maximum atomic E-state index is 13.3. The van der Waals surface area contributed by atoms with Crippen molar-refractivity contribution >= 4 is 60.3 Å². The Morgan fingerprint density at radius 1 is 1.00 bits per heavy atom. The summed E-state index contributed by atoms with van der Waals surface area (Å²) in [6.45, 7) is 28.9. The second-order valence-electron chi connectivity index (χ2n) is 15.9. The second kappa shape index (κ2) is 20.7. The molecule has 0 aliphatic carbocycles. The summed E-state index contributed by atoms with van der Waals surface area (Å²) >= 11 is 1.44.